The Labute approximate surface area is 309 Å². The van der Waals surface area contributed by atoms with E-state index in [2.05, 4.69) is 20.7 Å². The molecule has 10 nitrogen and oxygen atoms in total. The smallest absolute Gasteiger partial charge is 0.319 e. The van der Waals surface area contributed by atoms with Crippen LogP contribution < -0.4 is 9.64 Å². The highest BCUT2D eigenvalue weighted by Gasteiger charge is 2.71. The van der Waals surface area contributed by atoms with Crippen LogP contribution >= 0.6 is 0 Å². The number of phenolic OH excluding ortho intramolecular Hbond substituents is 1. The Balaban J connectivity index is 1.25. The van der Waals surface area contributed by atoms with Gasteiger partial charge in [-0.15, -0.1) is 6.42 Å². The van der Waals surface area contributed by atoms with Crippen molar-refractivity contribution < 1.29 is 32.1 Å². The molecule has 2 bridgehead atoms. The van der Waals surface area contributed by atoms with E-state index in [0.717, 1.165) is 38.8 Å². The molecule has 1 N–H and O–H groups in total. The molecular formula is C40H41F4N7O3. The lowest BCUT2D eigenvalue weighted by atomic mass is 9.87. The van der Waals surface area contributed by atoms with Gasteiger partial charge in [0.25, 0.3) is 5.92 Å². The molecule has 2 aliphatic carbocycles. The summed E-state index contributed by atoms with van der Waals surface area (Å²) in [4.78, 5) is 16.0. The molecule has 0 radical (unpaired) electrons. The molecule has 0 spiro atoms. The van der Waals surface area contributed by atoms with E-state index in [1.54, 1.807) is 44.0 Å². The number of anilines is 1. The number of ether oxygens (including phenoxy) is 2. The van der Waals surface area contributed by atoms with Crippen molar-refractivity contribution in [2.45, 2.75) is 62.3 Å². The number of benzene rings is 3. The van der Waals surface area contributed by atoms with Crippen LogP contribution in [0.5, 0.6) is 11.8 Å². The van der Waals surface area contributed by atoms with E-state index < -0.39 is 23.0 Å². The first-order valence-corrected chi connectivity index (χ1v) is 18.3. The number of fused-ring (bicyclic) bond motifs is 6. The zero-order chi connectivity index (χ0) is 37.8. The van der Waals surface area contributed by atoms with Crippen molar-refractivity contribution in [1.29, 1.82) is 0 Å². The van der Waals surface area contributed by atoms with Crippen LogP contribution in [0.2, 0.25) is 0 Å². The fraction of sp³-hybridized carbons (Fsp3) is 0.475. The number of rotatable bonds is 9. The topological polar surface area (TPSA) is 92.0 Å². The summed E-state index contributed by atoms with van der Waals surface area (Å²) >= 11 is 0. The summed E-state index contributed by atoms with van der Waals surface area (Å²) in [6.07, 6.45) is 11.2. The molecular weight excluding hydrogens is 702 g/mol. The summed E-state index contributed by atoms with van der Waals surface area (Å²) in [5, 5.41) is 17.1. The molecule has 2 aromatic heterocycles. The monoisotopic (exact) mass is 743 g/mol. The van der Waals surface area contributed by atoms with E-state index in [9.17, 15) is 13.9 Å². The van der Waals surface area contributed by atoms with Gasteiger partial charge in [-0.25, -0.2) is 17.6 Å². The van der Waals surface area contributed by atoms with E-state index in [1.807, 2.05) is 0 Å². The van der Waals surface area contributed by atoms with Gasteiger partial charge in [-0.3, -0.25) is 9.58 Å². The first-order valence-electron chi connectivity index (χ1n) is 18.3. The lowest BCUT2D eigenvalue weighted by Crippen LogP contribution is -2.60. The Kier molecular flexibility index (Phi) is 8.05. The molecule has 0 amide bonds. The highest BCUT2D eigenvalue weighted by atomic mass is 19.3. The van der Waals surface area contributed by atoms with Crippen LogP contribution in [-0.2, 0) is 11.8 Å². The van der Waals surface area contributed by atoms with Crippen LogP contribution in [0.25, 0.3) is 43.7 Å². The molecule has 9 rings (SSSR count). The molecule has 14 heteroatoms. The molecule has 3 atom stereocenters. The SMILES string of the molecule is C#Cc1c(F)ccc2cc(O)cc(-c3c(F)c4nc(OC[C@]5(CN(C)C)CC5(F)F)nc(N5[C@@H]6CC[C@H]5CN(C5CC(OC)C5)C6)c4c4cn(C)nc34)c12. The summed E-state index contributed by atoms with van der Waals surface area (Å²) < 4.78 is 75.9. The second kappa shape index (κ2) is 12.4. The average Bonchev–Trinajstić information content (AvgIpc) is 3.28. The normalized spacial score (nSPS) is 26.2. The molecule has 0 unspecified atom stereocenters. The molecule has 282 valence electrons. The van der Waals surface area contributed by atoms with E-state index >= 15 is 8.78 Å². The van der Waals surface area contributed by atoms with Gasteiger partial charge in [0.1, 0.15) is 35.0 Å². The van der Waals surface area contributed by atoms with Gasteiger partial charge in [-0.1, -0.05) is 12.0 Å². The molecule has 4 aliphatic rings. The maximum absolute atomic E-state index is 17.7. The number of methoxy groups -OCH3 is 1. The van der Waals surface area contributed by atoms with Crippen LogP contribution in [0.3, 0.4) is 0 Å². The van der Waals surface area contributed by atoms with Gasteiger partial charge in [-0.2, -0.15) is 15.1 Å². The average molecular weight is 744 g/mol. The van der Waals surface area contributed by atoms with Crippen LogP contribution in [-0.4, -0.2) is 112 Å². The predicted molar refractivity (Wildman–Crippen MR) is 197 cm³/mol. The minimum absolute atomic E-state index is 0.0417. The Morgan fingerprint density at radius 3 is 2.41 bits per heavy atom. The molecule has 3 aromatic carbocycles. The quantitative estimate of drug-likeness (QED) is 0.142. The van der Waals surface area contributed by atoms with Crippen molar-refractivity contribution in [3.8, 4) is 35.2 Å². The molecule has 4 fully saturated rings. The maximum atomic E-state index is 17.7. The zero-order valence-corrected chi connectivity index (χ0v) is 30.5. The first-order chi connectivity index (χ1) is 25.8. The minimum atomic E-state index is -2.93. The third-order valence-electron chi connectivity index (χ3n) is 12.1. The summed E-state index contributed by atoms with van der Waals surface area (Å²) in [6, 6.07) is 5.77. The van der Waals surface area contributed by atoms with Crippen molar-refractivity contribution >= 4 is 38.4 Å². The lowest BCUT2D eigenvalue weighted by Gasteiger charge is -2.49. The third kappa shape index (κ3) is 5.38. The Hall–Kier alpha value is -4.71. The van der Waals surface area contributed by atoms with Crippen molar-refractivity contribution in [1.82, 2.24) is 29.5 Å². The number of likely N-dealkylation sites (tertiary alicyclic amines) is 1. The van der Waals surface area contributed by atoms with Gasteiger partial charge in [0.15, 0.2) is 5.82 Å². The summed E-state index contributed by atoms with van der Waals surface area (Å²) in [5.74, 6) is -1.74. The number of nitrogens with zero attached hydrogens (tertiary/aromatic N) is 7. The number of halogens is 4. The molecule has 2 saturated heterocycles. The van der Waals surface area contributed by atoms with Crippen molar-refractivity contribution in [2.75, 3.05) is 52.3 Å². The Bertz CT molecular complexity index is 2380. The van der Waals surface area contributed by atoms with Gasteiger partial charge in [0.2, 0.25) is 0 Å². The number of aryl methyl sites for hydroxylation is 1. The number of aromatic hydroxyl groups is 1. The van der Waals surface area contributed by atoms with Crippen LogP contribution in [0.15, 0.2) is 30.5 Å². The lowest BCUT2D eigenvalue weighted by molar-refractivity contribution is -0.0328. The summed E-state index contributed by atoms with van der Waals surface area (Å²) in [5.41, 5.74) is -1.29. The fourth-order valence-electron chi connectivity index (χ4n) is 9.35. The van der Waals surface area contributed by atoms with E-state index in [0.29, 0.717) is 28.0 Å². The number of hydrogen-bond acceptors (Lipinski definition) is 9. The van der Waals surface area contributed by atoms with Crippen molar-refractivity contribution in [3.05, 3.63) is 47.7 Å². The maximum Gasteiger partial charge on any atom is 0.319 e. The standard InChI is InChI=1S/C40H41F4N7O3/c1-6-27-30(41)10-7-21-11-25(52)14-28(31(21)27)32-34(42)36-33(29-17-49(4)47-35(29)32)37(46-38(45-36)54-20-39(19-48(2)3)18-40(39,43)44)51-22-8-9-23(51)16-50(15-22)24-12-26(13-24)53-5/h1,7,10-11,14,17,22-24,26,52H,8-9,12-13,15-16,18-20H2,2-5H3/t22-,23+,24?,26?,39-/m1/s1. The Morgan fingerprint density at radius 2 is 1.76 bits per heavy atom. The highest BCUT2D eigenvalue weighted by Crippen LogP contribution is 2.61. The molecule has 54 heavy (non-hydrogen) atoms. The van der Waals surface area contributed by atoms with Crippen molar-refractivity contribution in [2.24, 2.45) is 12.5 Å². The molecule has 2 aliphatic heterocycles. The second-order valence-electron chi connectivity index (χ2n) is 15.9. The van der Waals surface area contributed by atoms with Crippen LogP contribution in [0, 0.1) is 29.4 Å². The molecule has 2 saturated carbocycles. The van der Waals surface area contributed by atoms with Gasteiger partial charge in [0, 0.05) is 80.9 Å². The van der Waals surface area contributed by atoms with Gasteiger partial charge in [-0.05, 0) is 68.9 Å². The molecule has 4 heterocycles. The van der Waals surface area contributed by atoms with E-state index in [-0.39, 0.29) is 82.6 Å². The zero-order valence-electron chi connectivity index (χ0n) is 30.5. The number of piperazine rings is 1. The number of hydrogen-bond donors (Lipinski definition) is 1. The summed E-state index contributed by atoms with van der Waals surface area (Å²) in [7, 11) is 6.92. The van der Waals surface area contributed by atoms with Crippen LogP contribution in [0.4, 0.5) is 23.4 Å². The molecule has 5 aromatic rings. The van der Waals surface area contributed by atoms with E-state index in [4.69, 9.17) is 26.0 Å². The largest absolute Gasteiger partial charge is 0.508 e. The second-order valence-corrected chi connectivity index (χ2v) is 15.9. The fourth-order valence-corrected chi connectivity index (χ4v) is 9.35. The number of phenols is 1. The summed E-state index contributed by atoms with van der Waals surface area (Å²) in [6.45, 7) is 1.29. The van der Waals surface area contributed by atoms with Crippen molar-refractivity contribution in [3.63, 3.8) is 0 Å². The predicted octanol–water partition coefficient (Wildman–Crippen LogP) is 6.10. The first kappa shape index (κ1) is 35.0. The Morgan fingerprint density at radius 1 is 1.04 bits per heavy atom. The van der Waals surface area contributed by atoms with Gasteiger partial charge < -0.3 is 24.4 Å². The number of alkyl halides is 2. The number of terminal acetylenes is 1. The minimum Gasteiger partial charge on any atom is -0.508 e. The van der Waals surface area contributed by atoms with Gasteiger partial charge in [0.05, 0.1) is 22.5 Å². The van der Waals surface area contributed by atoms with Crippen LogP contribution in [0.1, 0.15) is 37.7 Å². The third-order valence-corrected chi connectivity index (χ3v) is 12.1. The van der Waals surface area contributed by atoms with Gasteiger partial charge >= 0.3 is 6.01 Å². The van der Waals surface area contributed by atoms with E-state index in [1.165, 1.54) is 24.3 Å². The number of aromatic nitrogens is 4. The highest BCUT2D eigenvalue weighted by molar-refractivity contribution is 6.18.